The normalized spacial score (nSPS) is 11.6. The van der Waals surface area contributed by atoms with E-state index in [0.29, 0.717) is 13.2 Å². The minimum absolute atomic E-state index is 0.677. The molecule has 1 aromatic heterocycles. The number of ether oxygens (including phenoxy) is 1. The molecule has 0 aliphatic heterocycles. The van der Waals surface area contributed by atoms with Gasteiger partial charge in [0.15, 0.2) is 5.60 Å². The van der Waals surface area contributed by atoms with Crippen LogP contribution in [0.3, 0.4) is 0 Å². The molecular weight excluding hydrogens is 478 g/mol. The van der Waals surface area contributed by atoms with Crippen molar-refractivity contribution in [1.29, 1.82) is 0 Å². The van der Waals surface area contributed by atoms with E-state index in [2.05, 4.69) is 110 Å². The molecule has 0 amide bonds. The van der Waals surface area contributed by atoms with Crippen LogP contribution in [-0.2, 0) is 23.3 Å². The van der Waals surface area contributed by atoms with Crippen LogP contribution in [0, 0.1) is 0 Å². The number of benzene rings is 3. The van der Waals surface area contributed by atoms with Crippen molar-refractivity contribution >= 4 is 0 Å². The number of rotatable bonds is 17. The molecule has 0 fully saturated rings. The summed E-state index contributed by atoms with van der Waals surface area (Å²) < 4.78 is 9.18. The smallest absolute Gasteiger partial charge is 0.164 e. The Balaban J connectivity index is 1.73. The molecule has 0 unspecified atom stereocenters. The summed E-state index contributed by atoms with van der Waals surface area (Å²) in [7, 11) is 0. The fourth-order valence-corrected chi connectivity index (χ4v) is 5.39. The Morgan fingerprint density at radius 2 is 1.18 bits per heavy atom. The summed E-state index contributed by atoms with van der Waals surface area (Å²) in [5.74, 6) is 0. The topological polar surface area (TPSA) is 39.9 Å². The van der Waals surface area contributed by atoms with Crippen LogP contribution < -0.4 is 0 Å². The molecule has 206 valence electrons. The molecule has 4 heteroatoms. The van der Waals surface area contributed by atoms with Gasteiger partial charge < -0.3 is 4.74 Å². The molecule has 0 spiro atoms. The van der Waals surface area contributed by atoms with E-state index in [1.165, 1.54) is 44.1 Å². The van der Waals surface area contributed by atoms with Crippen molar-refractivity contribution < 1.29 is 4.74 Å². The monoisotopic (exact) mass is 523 g/mol. The number of hydrogen-bond donors (Lipinski definition) is 0. The molecule has 4 aromatic rings. The second-order valence-corrected chi connectivity index (χ2v) is 10.5. The molecule has 0 saturated carbocycles. The van der Waals surface area contributed by atoms with Crippen LogP contribution in [0.5, 0.6) is 0 Å². The average molecular weight is 524 g/mol. The summed E-state index contributed by atoms with van der Waals surface area (Å²) in [4.78, 5) is 0. The van der Waals surface area contributed by atoms with Gasteiger partial charge in [0.05, 0.1) is 12.2 Å². The molecule has 4 rings (SSSR count). The summed E-state index contributed by atoms with van der Waals surface area (Å²) in [6.07, 6.45) is 11.8. The second kappa shape index (κ2) is 15.4. The van der Waals surface area contributed by atoms with Gasteiger partial charge in [-0.05, 0) is 36.0 Å². The van der Waals surface area contributed by atoms with Gasteiger partial charge in [-0.3, -0.25) is 0 Å². The standard InChI is InChI=1S/C35H45N3O/c1-3-5-7-8-9-10-20-28-39-35(31-23-16-12-17-24-31,32-25-18-13-19-26-32)34-33(27-6-4-2)38(37-36-34)29-30-21-14-11-15-22-30/h11-19,21-26H,3-10,20,27-29H2,1-2H3. The van der Waals surface area contributed by atoms with Gasteiger partial charge in [0.2, 0.25) is 0 Å². The number of unbranched alkanes of at least 4 members (excludes halogenated alkanes) is 7. The summed E-state index contributed by atoms with van der Waals surface area (Å²) in [6, 6.07) is 31.8. The van der Waals surface area contributed by atoms with Crippen LogP contribution in [0.4, 0.5) is 0 Å². The maximum atomic E-state index is 7.08. The molecule has 0 bridgehead atoms. The first-order valence-corrected chi connectivity index (χ1v) is 15.0. The van der Waals surface area contributed by atoms with Gasteiger partial charge in [-0.1, -0.05) is 155 Å². The first kappa shape index (κ1) is 28.8. The fourth-order valence-electron chi connectivity index (χ4n) is 5.39. The summed E-state index contributed by atoms with van der Waals surface area (Å²) in [5, 5.41) is 9.68. The van der Waals surface area contributed by atoms with Crippen LogP contribution in [-0.4, -0.2) is 21.6 Å². The quantitative estimate of drug-likeness (QED) is 0.130. The maximum Gasteiger partial charge on any atom is 0.164 e. The number of nitrogens with zero attached hydrogens (tertiary/aromatic N) is 3. The Labute approximate surface area is 235 Å². The summed E-state index contributed by atoms with van der Waals surface area (Å²) in [6.45, 7) is 5.88. The predicted octanol–water partition coefficient (Wildman–Crippen LogP) is 8.73. The molecule has 0 N–H and O–H groups in total. The van der Waals surface area contributed by atoms with E-state index in [-0.39, 0.29) is 0 Å². The lowest BCUT2D eigenvalue weighted by atomic mass is 9.81. The third-order valence-electron chi connectivity index (χ3n) is 7.54. The molecule has 1 heterocycles. The minimum Gasteiger partial charge on any atom is -0.359 e. The molecule has 0 aliphatic carbocycles. The SMILES string of the molecule is CCCCCCCCCOC(c1ccccc1)(c1ccccc1)c1nnn(Cc2ccccc2)c1CCCC. The van der Waals surface area contributed by atoms with Crippen molar-refractivity contribution in [3.8, 4) is 0 Å². The van der Waals surface area contributed by atoms with E-state index in [0.717, 1.165) is 48.2 Å². The first-order chi connectivity index (χ1) is 19.3. The van der Waals surface area contributed by atoms with Crippen molar-refractivity contribution in [2.75, 3.05) is 6.61 Å². The lowest BCUT2D eigenvalue weighted by Crippen LogP contribution is -2.35. The van der Waals surface area contributed by atoms with Gasteiger partial charge in [-0.15, -0.1) is 5.10 Å². The lowest BCUT2D eigenvalue weighted by Gasteiger charge is -2.34. The fraction of sp³-hybridized carbons (Fsp3) is 0.429. The van der Waals surface area contributed by atoms with E-state index >= 15 is 0 Å². The summed E-state index contributed by atoms with van der Waals surface area (Å²) in [5.41, 5.74) is 4.69. The maximum absolute atomic E-state index is 7.08. The molecule has 0 radical (unpaired) electrons. The Morgan fingerprint density at radius 3 is 1.77 bits per heavy atom. The van der Waals surface area contributed by atoms with Crippen LogP contribution in [0.2, 0.25) is 0 Å². The zero-order valence-electron chi connectivity index (χ0n) is 23.9. The zero-order valence-corrected chi connectivity index (χ0v) is 23.9. The van der Waals surface area contributed by atoms with Gasteiger partial charge in [0.25, 0.3) is 0 Å². The van der Waals surface area contributed by atoms with Crippen LogP contribution >= 0.6 is 0 Å². The highest BCUT2D eigenvalue weighted by atomic mass is 16.5. The molecule has 3 aromatic carbocycles. The molecule has 0 saturated heterocycles. The molecule has 0 aliphatic rings. The highest BCUT2D eigenvalue weighted by molar-refractivity contribution is 5.46. The molecular formula is C35H45N3O. The number of aromatic nitrogens is 3. The second-order valence-electron chi connectivity index (χ2n) is 10.5. The van der Waals surface area contributed by atoms with Crippen LogP contribution in [0.15, 0.2) is 91.0 Å². The van der Waals surface area contributed by atoms with Crippen LogP contribution in [0.1, 0.15) is 99.7 Å². The highest BCUT2D eigenvalue weighted by Gasteiger charge is 2.42. The Morgan fingerprint density at radius 1 is 0.641 bits per heavy atom. The van der Waals surface area contributed by atoms with Crippen LogP contribution in [0.25, 0.3) is 0 Å². The van der Waals surface area contributed by atoms with Gasteiger partial charge >= 0.3 is 0 Å². The van der Waals surface area contributed by atoms with E-state index in [4.69, 9.17) is 15.0 Å². The van der Waals surface area contributed by atoms with Crippen molar-refractivity contribution in [3.63, 3.8) is 0 Å². The van der Waals surface area contributed by atoms with Crippen molar-refractivity contribution in [2.24, 2.45) is 0 Å². The third-order valence-corrected chi connectivity index (χ3v) is 7.54. The van der Waals surface area contributed by atoms with E-state index in [1.54, 1.807) is 0 Å². The van der Waals surface area contributed by atoms with Crippen molar-refractivity contribution in [2.45, 2.75) is 90.2 Å². The molecule has 0 atom stereocenters. The summed E-state index contributed by atoms with van der Waals surface area (Å²) >= 11 is 0. The zero-order chi connectivity index (χ0) is 27.2. The average Bonchev–Trinajstić information content (AvgIpc) is 3.39. The highest BCUT2D eigenvalue weighted by Crippen LogP contribution is 2.41. The largest absolute Gasteiger partial charge is 0.359 e. The third kappa shape index (κ3) is 7.45. The first-order valence-electron chi connectivity index (χ1n) is 15.0. The number of hydrogen-bond acceptors (Lipinski definition) is 3. The molecule has 39 heavy (non-hydrogen) atoms. The van der Waals surface area contributed by atoms with Gasteiger partial charge in [-0.25, -0.2) is 4.68 Å². The van der Waals surface area contributed by atoms with Gasteiger partial charge in [0, 0.05) is 6.61 Å². The Bertz CT molecular complexity index is 1170. The minimum atomic E-state index is -0.817. The van der Waals surface area contributed by atoms with Gasteiger partial charge in [0.1, 0.15) is 5.69 Å². The Kier molecular flexibility index (Phi) is 11.3. The van der Waals surface area contributed by atoms with Crippen molar-refractivity contribution in [1.82, 2.24) is 15.0 Å². The van der Waals surface area contributed by atoms with Crippen molar-refractivity contribution in [3.05, 3.63) is 119 Å². The predicted molar refractivity (Wildman–Crippen MR) is 161 cm³/mol. The van der Waals surface area contributed by atoms with E-state index in [9.17, 15) is 0 Å². The van der Waals surface area contributed by atoms with E-state index in [1.807, 2.05) is 0 Å². The van der Waals surface area contributed by atoms with E-state index < -0.39 is 5.60 Å². The van der Waals surface area contributed by atoms with Gasteiger partial charge in [-0.2, -0.15) is 0 Å². The Hall–Kier alpha value is -3.24. The lowest BCUT2D eigenvalue weighted by molar-refractivity contribution is 0.00685. The molecule has 4 nitrogen and oxygen atoms in total.